The van der Waals surface area contributed by atoms with E-state index in [0.717, 1.165) is 18.9 Å². The Morgan fingerprint density at radius 1 is 1.50 bits per heavy atom. The molecule has 1 aliphatic carbocycles. The zero-order valence-corrected chi connectivity index (χ0v) is 9.72. The number of hydrogen-bond acceptors (Lipinski definition) is 5. The number of nitro groups is 1. The van der Waals surface area contributed by atoms with Crippen molar-refractivity contribution < 1.29 is 19.2 Å². The zero-order chi connectivity index (χ0) is 13.2. The van der Waals surface area contributed by atoms with Gasteiger partial charge in [0.1, 0.15) is 4.92 Å². The number of aliphatic hydroxyl groups excluding tert-OH is 1. The average molecular weight is 254 g/mol. The van der Waals surface area contributed by atoms with Gasteiger partial charge in [0.2, 0.25) is 0 Å². The molecule has 0 bridgehead atoms. The Balaban J connectivity index is 2.09. The van der Waals surface area contributed by atoms with Gasteiger partial charge in [0.05, 0.1) is 18.2 Å². The first kappa shape index (κ1) is 12.6. The van der Waals surface area contributed by atoms with Crippen molar-refractivity contribution in [2.24, 2.45) is 0 Å². The van der Waals surface area contributed by atoms with E-state index in [0.29, 0.717) is 12.8 Å². The van der Waals surface area contributed by atoms with Crippen LogP contribution in [0.4, 0.5) is 5.88 Å². The van der Waals surface area contributed by atoms with Gasteiger partial charge in [0.15, 0.2) is 5.76 Å². The van der Waals surface area contributed by atoms with Gasteiger partial charge in [-0.15, -0.1) is 0 Å². The standard InChI is InChI=1S/C11H14N2O5/c14-7-11(5-1-2-6-11)12-10(15)8-3-4-9(18-8)13(16)17/h3-4,14H,1-2,5-7H2,(H,12,15). The Kier molecular flexibility index (Phi) is 3.33. The zero-order valence-electron chi connectivity index (χ0n) is 9.72. The molecule has 7 heteroatoms. The molecule has 0 aromatic carbocycles. The molecular formula is C11H14N2O5. The van der Waals surface area contributed by atoms with Crippen molar-refractivity contribution in [1.29, 1.82) is 0 Å². The van der Waals surface area contributed by atoms with Crippen LogP contribution >= 0.6 is 0 Å². The van der Waals surface area contributed by atoms with Gasteiger partial charge in [-0.25, -0.2) is 0 Å². The first-order valence-electron chi connectivity index (χ1n) is 5.74. The molecule has 1 aromatic heterocycles. The Morgan fingerprint density at radius 3 is 2.67 bits per heavy atom. The predicted octanol–water partition coefficient (Wildman–Crippen LogP) is 1.22. The number of rotatable bonds is 4. The molecule has 18 heavy (non-hydrogen) atoms. The fourth-order valence-corrected chi connectivity index (χ4v) is 2.22. The molecule has 0 atom stereocenters. The Hall–Kier alpha value is -1.89. The molecule has 1 fully saturated rings. The maximum absolute atomic E-state index is 11.9. The first-order valence-corrected chi connectivity index (χ1v) is 5.74. The van der Waals surface area contributed by atoms with Gasteiger partial charge < -0.3 is 14.8 Å². The van der Waals surface area contributed by atoms with E-state index < -0.39 is 22.3 Å². The van der Waals surface area contributed by atoms with Gasteiger partial charge in [0.25, 0.3) is 5.91 Å². The van der Waals surface area contributed by atoms with Crippen molar-refractivity contribution in [2.45, 2.75) is 31.2 Å². The number of aliphatic hydroxyl groups is 1. The molecule has 98 valence electrons. The minimum Gasteiger partial charge on any atom is -0.395 e. The normalized spacial score (nSPS) is 17.6. The quantitative estimate of drug-likeness (QED) is 0.620. The van der Waals surface area contributed by atoms with E-state index >= 15 is 0 Å². The molecule has 0 radical (unpaired) electrons. The number of hydrogen-bond donors (Lipinski definition) is 2. The molecule has 1 aliphatic rings. The second-order valence-electron chi connectivity index (χ2n) is 4.49. The number of carbonyl (C=O) groups excluding carboxylic acids is 1. The Labute approximate surface area is 103 Å². The number of carbonyl (C=O) groups is 1. The summed E-state index contributed by atoms with van der Waals surface area (Å²) in [5, 5.41) is 22.5. The number of furan rings is 1. The van der Waals surface area contributed by atoms with Crippen molar-refractivity contribution in [3.8, 4) is 0 Å². The van der Waals surface area contributed by atoms with Crippen molar-refractivity contribution in [3.63, 3.8) is 0 Å². The third kappa shape index (κ3) is 2.35. The van der Waals surface area contributed by atoms with Crippen molar-refractivity contribution in [3.05, 3.63) is 28.0 Å². The average Bonchev–Trinajstić information content (AvgIpc) is 2.98. The number of nitrogens with zero attached hydrogens (tertiary/aromatic N) is 1. The van der Waals surface area contributed by atoms with Crippen molar-refractivity contribution in [1.82, 2.24) is 5.32 Å². The van der Waals surface area contributed by atoms with Gasteiger partial charge in [-0.3, -0.25) is 14.9 Å². The van der Waals surface area contributed by atoms with E-state index in [9.17, 15) is 20.0 Å². The molecule has 0 unspecified atom stereocenters. The highest BCUT2D eigenvalue weighted by atomic mass is 16.6. The predicted molar refractivity (Wildman–Crippen MR) is 61.1 cm³/mol. The van der Waals surface area contributed by atoms with Gasteiger partial charge in [-0.1, -0.05) is 12.8 Å². The van der Waals surface area contributed by atoms with E-state index in [2.05, 4.69) is 5.32 Å². The fraction of sp³-hybridized carbons (Fsp3) is 0.545. The third-order valence-corrected chi connectivity index (χ3v) is 3.24. The molecule has 1 heterocycles. The number of amides is 1. The summed E-state index contributed by atoms with van der Waals surface area (Å²) >= 11 is 0. The Morgan fingerprint density at radius 2 is 2.17 bits per heavy atom. The molecule has 1 saturated carbocycles. The van der Waals surface area contributed by atoms with Crippen molar-refractivity contribution in [2.75, 3.05) is 6.61 Å². The van der Waals surface area contributed by atoms with E-state index in [1.54, 1.807) is 0 Å². The lowest BCUT2D eigenvalue weighted by Crippen LogP contribution is -2.49. The molecule has 0 saturated heterocycles. The highest BCUT2D eigenvalue weighted by Crippen LogP contribution is 2.29. The van der Waals surface area contributed by atoms with Gasteiger partial charge >= 0.3 is 5.88 Å². The summed E-state index contributed by atoms with van der Waals surface area (Å²) in [6.07, 6.45) is 3.30. The lowest BCUT2D eigenvalue weighted by Gasteiger charge is -2.27. The maximum Gasteiger partial charge on any atom is 0.433 e. The second kappa shape index (κ2) is 4.77. The maximum atomic E-state index is 11.9. The lowest BCUT2D eigenvalue weighted by atomic mass is 9.99. The lowest BCUT2D eigenvalue weighted by molar-refractivity contribution is -0.402. The van der Waals surface area contributed by atoms with E-state index in [4.69, 9.17) is 4.42 Å². The van der Waals surface area contributed by atoms with Crippen LogP contribution in [0.3, 0.4) is 0 Å². The highest BCUT2D eigenvalue weighted by molar-refractivity contribution is 5.92. The van der Waals surface area contributed by atoms with Crippen LogP contribution in [0.2, 0.25) is 0 Å². The van der Waals surface area contributed by atoms with Crippen LogP contribution in [0.1, 0.15) is 36.2 Å². The molecular weight excluding hydrogens is 240 g/mol. The minimum atomic E-state index is -0.700. The SMILES string of the molecule is O=C(NC1(CO)CCCC1)c1ccc([N+](=O)[O-])o1. The third-order valence-electron chi connectivity index (χ3n) is 3.24. The summed E-state index contributed by atoms with van der Waals surface area (Å²) in [6.45, 7) is -0.137. The summed E-state index contributed by atoms with van der Waals surface area (Å²) in [7, 11) is 0. The van der Waals surface area contributed by atoms with Crippen LogP contribution in [0.15, 0.2) is 16.5 Å². The topological polar surface area (TPSA) is 106 Å². The largest absolute Gasteiger partial charge is 0.433 e. The van der Waals surface area contributed by atoms with E-state index in [-0.39, 0.29) is 12.4 Å². The number of nitrogens with one attached hydrogen (secondary N) is 1. The molecule has 2 rings (SSSR count). The van der Waals surface area contributed by atoms with Gasteiger partial charge in [-0.2, -0.15) is 0 Å². The van der Waals surface area contributed by atoms with Crippen LogP contribution in [0, 0.1) is 10.1 Å². The van der Waals surface area contributed by atoms with Crippen LogP contribution < -0.4 is 5.32 Å². The summed E-state index contributed by atoms with van der Waals surface area (Å²) in [5.74, 6) is -1.11. The monoisotopic (exact) mass is 254 g/mol. The molecule has 1 aromatic rings. The highest BCUT2D eigenvalue weighted by Gasteiger charge is 2.35. The van der Waals surface area contributed by atoms with Crippen LogP contribution in [0.5, 0.6) is 0 Å². The summed E-state index contributed by atoms with van der Waals surface area (Å²) in [6, 6.07) is 2.39. The molecule has 2 N–H and O–H groups in total. The van der Waals surface area contributed by atoms with Crippen LogP contribution in [0.25, 0.3) is 0 Å². The molecule has 7 nitrogen and oxygen atoms in total. The van der Waals surface area contributed by atoms with Crippen molar-refractivity contribution >= 4 is 11.8 Å². The summed E-state index contributed by atoms with van der Waals surface area (Å²) in [4.78, 5) is 21.6. The summed E-state index contributed by atoms with van der Waals surface area (Å²) < 4.78 is 4.81. The van der Waals surface area contributed by atoms with Gasteiger partial charge in [0, 0.05) is 0 Å². The fourth-order valence-electron chi connectivity index (χ4n) is 2.22. The van der Waals surface area contributed by atoms with Gasteiger partial charge in [-0.05, 0) is 18.9 Å². The smallest absolute Gasteiger partial charge is 0.395 e. The summed E-state index contributed by atoms with van der Waals surface area (Å²) in [5.41, 5.74) is -0.612. The minimum absolute atomic E-state index is 0.110. The van der Waals surface area contributed by atoms with Crippen LogP contribution in [-0.2, 0) is 0 Å². The molecule has 0 spiro atoms. The van der Waals surface area contributed by atoms with E-state index in [1.165, 1.54) is 6.07 Å². The second-order valence-corrected chi connectivity index (χ2v) is 4.49. The molecule has 1 amide bonds. The first-order chi connectivity index (χ1) is 8.56. The van der Waals surface area contributed by atoms with Crippen LogP contribution in [-0.4, -0.2) is 28.1 Å². The Bertz CT molecular complexity index is 462. The van der Waals surface area contributed by atoms with E-state index in [1.807, 2.05) is 0 Å². The molecule has 0 aliphatic heterocycles.